The van der Waals surface area contributed by atoms with E-state index in [0.717, 1.165) is 11.1 Å². The molecule has 1 aromatic carbocycles. The number of anilines is 1. The molecule has 0 atom stereocenters. The lowest BCUT2D eigenvalue weighted by Gasteiger charge is -2.07. The van der Waals surface area contributed by atoms with Gasteiger partial charge < -0.3 is 10.1 Å². The van der Waals surface area contributed by atoms with E-state index < -0.39 is 11.9 Å². The number of aryl methyl sites for hydroxylation is 1. The average Bonchev–Trinajstić information content (AvgIpc) is 2.46. The zero-order chi connectivity index (χ0) is 16.1. The highest BCUT2D eigenvalue weighted by atomic mass is 16.5. The lowest BCUT2D eigenvalue weighted by atomic mass is 10.1. The predicted octanol–water partition coefficient (Wildman–Crippen LogP) is 1.25. The summed E-state index contributed by atoms with van der Waals surface area (Å²) in [5, 5.41) is 9.00. The highest BCUT2D eigenvalue weighted by Crippen LogP contribution is 2.21. The van der Waals surface area contributed by atoms with Crippen LogP contribution in [0.25, 0.3) is 11.3 Å². The van der Waals surface area contributed by atoms with Crippen LogP contribution >= 0.6 is 0 Å². The number of amides is 1. The second-order valence-corrected chi connectivity index (χ2v) is 4.67. The molecule has 7 heteroatoms. The monoisotopic (exact) mass is 301 g/mol. The van der Waals surface area contributed by atoms with Gasteiger partial charge in [-0.3, -0.25) is 14.4 Å². The smallest absolute Gasteiger partial charge is 0.303 e. The highest BCUT2D eigenvalue weighted by Gasteiger charge is 2.07. The Morgan fingerprint density at radius 3 is 2.55 bits per heavy atom. The van der Waals surface area contributed by atoms with Crippen LogP contribution in [0.4, 0.5) is 5.69 Å². The Balaban J connectivity index is 2.08. The molecule has 1 amide bonds. The number of carbonyl (C=O) groups excluding carboxylic acids is 2. The van der Waals surface area contributed by atoms with Crippen molar-refractivity contribution in [2.75, 3.05) is 11.9 Å². The molecule has 0 spiro atoms. The van der Waals surface area contributed by atoms with Crippen LogP contribution in [-0.4, -0.2) is 28.7 Å². The Kier molecular flexibility index (Phi) is 4.67. The molecular weight excluding hydrogens is 286 g/mol. The number of H-pyrrole nitrogens is 1. The molecule has 1 heterocycles. The van der Waals surface area contributed by atoms with E-state index in [1.54, 1.807) is 31.2 Å². The van der Waals surface area contributed by atoms with Gasteiger partial charge in [-0.15, -0.1) is 0 Å². The van der Waals surface area contributed by atoms with Crippen molar-refractivity contribution in [3.05, 3.63) is 46.2 Å². The maximum Gasteiger partial charge on any atom is 0.303 e. The van der Waals surface area contributed by atoms with Crippen molar-refractivity contribution in [2.45, 2.75) is 13.8 Å². The molecule has 114 valence electrons. The number of nitrogens with one attached hydrogen (secondary N) is 2. The number of esters is 1. The quantitative estimate of drug-likeness (QED) is 0.828. The lowest BCUT2D eigenvalue weighted by Crippen LogP contribution is -2.19. The summed E-state index contributed by atoms with van der Waals surface area (Å²) in [6, 6.07) is 8.42. The summed E-state index contributed by atoms with van der Waals surface area (Å²) in [6.45, 7) is 2.71. The average molecular weight is 301 g/mol. The number of hydrogen-bond donors (Lipinski definition) is 2. The third-order valence-corrected chi connectivity index (χ3v) is 2.85. The molecule has 0 saturated heterocycles. The first kappa shape index (κ1) is 15.4. The molecule has 2 aromatic rings. The zero-order valence-corrected chi connectivity index (χ0v) is 12.2. The summed E-state index contributed by atoms with van der Waals surface area (Å²) >= 11 is 0. The molecule has 0 unspecified atom stereocenters. The van der Waals surface area contributed by atoms with Gasteiger partial charge in [-0.2, -0.15) is 5.10 Å². The number of nitrogens with zero attached hydrogens (tertiary/aromatic N) is 1. The number of benzene rings is 1. The fourth-order valence-electron chi connectivity index (χ4n) is 1.86. The second-order valence-electron chi connectivity index (χ2n) is 4.67. The summed E-state index contributed by atoms with van der Waals surface area (Å²) in [5.74, 6) is -0.925. The van der Waals surface area contributed by atoms with E-state index in [1.165, 1.54) is 13.0 Å². The third kappa shape index (κ3) is 4.02. The second kappa shape index (κ2) is 6.66. The van der Waals surface area contributed by atoms with Crippen molar-refractivity contribution in [2.24, 2.45) is 0 Å². The van der Waals surface area contributed by atoms with Crippen LogP contribution in [0.2, 0.25) is 0 Å². The van der Waals surface area contributed by atoms with Crippen LogP contribution in [0.5, 0.6) is 0 Å². The maximum atomic E-state index is 11.5. The molecule has 7 nitrogen and oxygen atoms in total. The minimum atomic E-state index is -0.509. The highest BCUT2D eigenvalue weighted by molar-refractivity contribution is 5.92. The number of aromatic amines is 1. The van der Waals surface area contributed by atoms with Gasteiger partial charge in [0.2, 0.25) is 0 Å². The number of hydrogen-bond acceptors (Lipinski definition) is 5. The van der Waals surface area contributed by atoms with E-state index in [4.69, 9.17) is 0 Å². The first-order chi connectivity index (χ1) is 10.5. The Morgan fingerprint density at radius 2 is 1.95 bits per heavy atom. The summed E-state index contributed by atoms with van der Waals surface area (Å²) in [7, 11) is 0. The van der Waals surface area contributed by atoms with Gasteiger partial charge in [0.15, 0.2) is 6.61 Å². The van der Waals surface area contributed by atoms with E-state index in [0.29, 0.717) is 11.4 Å². The van der Waals surface area contributed by atoms with Crippen LogP contribution < -0.4 is 10.9 Å². The molecule has 0 bridgehead atoms. The summed E-state index contributed by atoms with van der Waals surface area (Å²) in [4.78, 5) is 33.3. The van der Waals surface area contributed by atoms with Gasteiger partial charge in [-0.25, -0.2) is 5.10 Å². The Morgan fingerprint density at radius 1 is 1.27 bits per heavy atom. The fourth-order valence-corrected chi connectivity index (χ4v) is 1.86. The minimum Gasteiger partial charge on any atom is -0.456 e. The topological polar surface area (TPSA) is 101 Å². The summed E-state index contributed by atoms with van der Waals surface area (Å²) < 4.78 is 4.60. The molecule has 2 rings (SSSR count). The number of rotatable bonds is 4. The number of aromatic nitrogens is 2. The van der Waals surface area contributed by atoms with Crippen molar-refractivity contribution in [3.63, 3.8) is 0 Å². The van der Waals surface area contributed by atoms with Crippen molar-refractivity contribution < 1.29 is 14.3 Å². The molecule has 0 fully saturated rings. The Hall–Kier alpha value is -2.96. The van der Waals surface area contributed by atoms with E-state index in [1.807, 2.05) is 0 Å². The Bertz CT molecular complexity index is 750. The van der Waals surface area contributed by atoms with Gasteiger partial charge in [0.05, 0.1) is 5.69 Å². The Labute approximate surface area is 126 Å². The molecule has 0 saturated carbocycles. The van der Waals surface area contributed by atoms with Gasteiger partial charge >= 0.3 is 5.97 Å². The van der Waals surface area contributed by atoms with Gasteiger partial charge in [0.25, 0.3) is 11.5 Å². The maximum absolute atomic E-state index is 11.5. The van der Waals surface area contributed by atoms with E-state index in [-0.39, 0.29) is 12.2 Å². The predicted molar refractivity (Wildman–Crippen MR) is 80.3 cm³/mol. The zero-order valence-electron chi connectivity index (χ0n) is 12.2. The first-order valence-electron chi connectivity index (χ1n) is 6.55. The van der Waals surface area contributed by atoms with Crippen molar-refractivity contribution >= 4 is 17.6 Å². The van der Waals surface area contributed by atoms with Crippen LogP contribution in [-0.2, 0) is 14.3 Å². The third-order valence-electron chi connectivity index (χ3n) is 2.85. The number of carbonyl (C=O) groups is 2. The summed E-state index contributed by atoms with van der Waals surface area (Å²) in [6.07, 6.45) is 0. The van der Waals surface area contributed by atoms with Gasteiger partial charge in [0, 0.05) is 24.2 Å². The molecule has 1 aromatic heterocycles. The van der Waals surface area contributed by atoms with E-state index in [9.17, 15) is 14.4 Å². The molecule has 0 radical (unpaired) electrons. The molecular formula is C15H15N3O4. The van der Waals surface area contributed by atoms with Crippen molar-refractivity contribution in [3.8, 4) is 11.3 Å². The SMILES string of the molecule is CC(=O)OCC(=O)Nc1ccc(-c2n[nH]c(=O)cc2C)cc1. The lowest BCUT2D eigenvalue weighted by molar-refractivity contribution is -0.144. The van der Waals surface area contributed by atoms with Crippen LogP contribution in [0.1, 0.15) is 12.5 Å². The molecule has 0 aliphatic carbocycles. The van der Waals surface area contributed by atoms with Crippen molar-refractivity contribution in [1.82, 2.24) is 10.2 Å². The largest absolute Gasteiger partial charge is 0.456 e. The molecule has 2 N–H and O–H groups in total. The normalized spacial score (nSPS) is 10.1. The van der Waals surface area contributed by atoms with Crippen LogP contribution in [0.15, 0.2) is 35.1 Å². The van der Waals surface area contributed by atoms with Crippen LogP contribution in [0, 0.1) is 6.92 Å². The molecule has 0 aliphatic heterocycles. The molecule has 22 heavy (non-hydrogen) atoms. The minimum absolute atomic E-state index is 0.254. The van der Waals surface area contributed by atoms with Gasteiger partial charge in [-0.1, -0.05) is 12.1 Å². The van der Waals surface area contributed by atoms with Crippen LogP contribution in [0.3, 0.4) is 0 Å². The van der Waals surface area contributed by atoms with Gasteiger partial charge in [-0.05, 0) is 24.6 Å². The van der Waals surface area contributed by atoms with E-state index >= 15 is 0 Å². The first-order valence-corrected chi connectivity index (χ1v) is 6.55. The fraction of sp³-hybridized carbons (Fsp3) is 0.200. The van der Waals surface area contributed by atoms with Gasteiger partial charge in [0.1, 0.15) is 0 Å². The standard InChI is InChI=1S/C15H15N3O4/c1-9-7-13(20)17-18-15(9)11-3-5-12(6-4-11)16-14(21)8-22-10(2)19/h3-7H,8H2,1-2H3,(H,16,21)(H,17,20). The number of ether oxygens (including phenoxy) is 1. The summed E-state index contributed by atoms with van der Waals surface area (Å²) in [5.41, 5.74) is 2.55. The van der Waals surface area contributed by atoms with Crippen molar-refractivity contribution in [1.29, 1.82) is 0 Å². The van der Waals surface area contributed by atoms with E-state index in [2.05, 4.69) is 20.3 Å². The molecule has 0 aliphatic rings.